The molecule has 0 aliphatic heterocycles. The van der Waals surface area contributed by atoms with Gasteiger partial charge in [0.15, 0.2) is 0 Å². The van der Waals surface area contributed by atoms with Crippen molar-refractivity contribution in [3.8, 4) is 5.75 Å². The van der Waals surface area contributed by atoms with E-state index in [1.807, 2.05) is 66.4 Å². The summed E-state index contributed by atoms with van der Waals surface area (Å²) in [4.78, 5) is 14.4. The molecule has 5 heteroatoms. The van der Waals surface area contributed by atoms with Crippen LogP contribution in [-0.4, -0.2) is 30.5 Å². The molecule has 0 bridgehead atoms. The highest BCUT2D eigenvalue weighted by Crippen LogP contribution is 2.13. The lowest BCUT2D eigenvalue weighted by atomic mass is 10.2. The number of hydrogen-bond donors (Lipinski definition) is 1. The maximum absolute atomic E-state index is 12.5. The van der Waals surface area contributed by atoms with Crippen molar-refractivity contribution in [3.63, 3.8) is 0 Å². The van der Waals surface area contributed by atoms with E-state index >= 15 is 0 Å². The topological polar surface area (TPSA) is 55.6 Å². The van der Waals surface area contributed by atoms with Crippen LogP contribution in [0.25, 0.3) is 0 Å². The SMILES string of the molecule is Cc1cccc(OCCC(=O)N(CCCN)Cc2ccccc2)c1.Cl. The number of carbonyl (C=O) groups excluding carboxylic acids is 1. The van der Waals surface area contributed by atoms with Crippen molar-refractivity contribution < 1.29 is 9.53 Å². The Morgan fingerprint density at radius 3 is 2.56 bits per heavy atom. The van der Waals surface area contributed by atoms with Gasteiger partial charge in [-0.15, -0.1) is 12.4 Å². The first-order valence-corrected chi connectivity index (χ1v) is 8.40. The van der Waals surface area contributed by atoms with Gasteiger partial charge in [-0.05, 0) is 43.1 Å². The molecule has 0 fully saturated rings. The van der Waals surface area contributed by atoms with Crippen LogP contribution in [0.4, 0.5) is 0 Å². The highest BCUT2D eigenvalue weighted by molar-refractivity contribution is 5.85. The molecule has 4 nitrogen and oxygen atoms in total. The van der Waals surface area contributed by atoms with Crippen LogP contribution >= 0.6 is 12.4 Å². The zero-order valence-corrected chi connectivity index (χ0v) is 15.5. The van der Waals surface area contributed by atoms with Crippen LogP contribution in [0.1, 0.15) is 24.0 Å². The summed E-state index contributed by atoms with van der Waals surface area (Å²) >= 11 is 0. The molecule has 0 atom stereocenters. The maximum atomic E-state index is 12.5. The van der Waals surface area contributed by atoms with E-state index in [2.05, 4.69) is 0 Å². The average Bonchev–Trinajstić information content (AvgIpc) is 2.59. The lowest BCUT2D eigenvalue weighted by Gasteiger charge is -2.23. The summed E-state index contributed by atoms with van der Waals surface area (Å²) in [6.45, 7) is 4.28. The number of hydrogen-bond acceptors (Lipinski definition) is 3. The summed E-state index contributed by atoms with van der Waals surface area (Å²) in [6.07, 6.45) is 1.17. The third-order valence-electron chi connectivity index (χ3n) is 3.78. The van der Waals surface area contributed by atoms with Gasteiger partial charge in [0.1, 0.15) is 5.75 Å². The fraction of sp³-hybridized carbons (Fsp3) is 0.350. The Morgan fingerprint density at radius 1 is 1.12 bits per heavy atom. The number of aryl methyl sites for hydroxylation is 1. The van der Waals surface area contributed by atoms with Crippen LogP contribution in [0.3, 0.4) is 0 Å². The zero-order chi connectivity index (χ0) is 17.2. The average molecular weight is 363 g/mol. The molecule has 136 valence electrons. The Morgan fingerprint density at radius 2 is 1.88 bits per heavy atom. The number of nitrogens with zero attached hydrogens (tertiary/aromatic N) is 1. The first-order chi connectivity index (χ1) is 11.7. The third-order valence-corrected chi connectivity index (χ3v) is 3.78. The van der Waals surface area contributed by atoms with E-state index in [9.17, 15) is 4.79 Å². The van der Waals surface area contributed by atoms with E-state index in [1.165, 1.54) is 0 Å². The highest BCUT2D eigenvalue weighted by Gasteiger charge is 2.13. The van der Waals surface area contributed by atoms with Crippen LogP contribution in [0, 0.1) is 6.92 Å². The standard InChI is InChI=1S/C20H26N2O2.ClH/c1-17-7-5-10-19(15-17)24-14-11-20(23)22(13-6-12-21)16-18-8-3-2-4-9-18;/h2-5,7-10,15H,6,11-14,16,21H2,1H3;1H. The second-order valence-corrected chi connectivity index (χ2v) is 5.86. The number of amides is 1. The van der Waals surface area contributed by atoms with Crippen LogP contribution in [0.15, 0.2) is 54.6 Å². The minimum Gasteiger partial charge on any atom is -0.493 e. The molecule has 0 radical (unpaired) electrons. The quantitative estimate of drug-likeness (QED) is 0.742. The smallest absolute Gasteiger partial charge is 0.226 e. The first kappa shape index (κ1) is 21.0. The van der Waals surface area contributed by atoms with Gasteiger partial charge in [-0.1, -0.05) is 42.5 Å². The second-order valence-electron chi connectivity index (χ2n) is 5.86. The van der Waals surface area contributed by atoms with Gasteiger partial charge >= 0.3 is 0 Å². The molecule has 0 unspecified atom stereocenters. The van der Waals surface area contributed by atoms with Gasteiger partial charge in [-0.3, -0.25) is 4.79 Å². The Bertz CT molecular complexity index is 635. The van der Waals surface area contributed by atoms with Crippen LogP contribution < -0.4 is 10.5 Å². The molecule has 25 heavy (non-hydrogen) atoms. The monoisotopic (exact) mass is 362 g/mol. The number of halogens is 1. The Labute approximate surface area is 156 Å². The summed E-state index contributed by atoms with van der Waals surface area (Å²) < 4.78 is 5.69. The molecule has 0 spiro atoms. The van der Waals surface area contributed by atoms with Crippen LogP contribution in [0.2, 0.25) is 0 Å². The molecule has 0 saturated heterocycles. The van der Waals surface area contributed by atoms with Crippen LogP contribution in [0.5, 0.6) is 5.75 Å². The number of benzene rings is 2. The van der Waals surface area contributed by atoms with Gasteiger partial charge in [0.2, 0.25) is 5.91 Å². The number of nitrogens with two attached hydrogens (primary N) is 1. The number of ether oxygens (including phenoxy) is 1. The molecule has 0 heterocycles. The summed E-state index contributed by atoms with van der Waals surface area (Å²) in [5.74, 6) is 0.902. The van der Waals surface area contributed by atoms with Gasteiger partial charge in [-0.2, -0.15) is 0 Å². The maximum Gasteiger partial charge on any atom is 0.226 e. The molecular weight excluding hydrogens is 336 g/mol. The van der Waals surface area contributed by atoms with Crippen molar-refractivity contribution in [2.75, 3.05) is 19.7 Å². The summed E-state index contributed by atoms with van der Waals surface area (Å²) in [5.41, 5.74) is 7.87. The molecule has 2 aromatic carbocycles. The second kappa shape index (κ2) is 11.5. The molecule has 0 aliphatic rings. The first-order valence-electron chi connectivity index (χ1n) is 8.40. The van der Waals surface area contributed by atoms with E-state index < -0.39 is 0 Å². The van der Waals surface area contributed by atoms with E-state index in [0.29, 0.717) is 32.7 Å². The largest absolute Gasteiger partial charge is 0.493 e. The van der Waals surface area contributed by atoms with Gasteiger partial charge in [0.25, 0.3) is 0 Å². The molecule has 0 aromatic heterocycles. The number of carbonyl (C=O) groups is 1. The lowest BCUT2D eigenvalue weighted by Crippen LogP contribution is -2.33. The fourth-order valence-corrected chi connectivity index (χ4v) is 2.50. The minimum absolute atomic E-state index is 0. The van der Waals surface area contributed by atoms with Crippen molar-refractivity contribution in [1.29, 1.82) is 0 Å². The summed E-state index contributed by atoms with van der Waals surface area (Å²) in [5, 5.41) is 0. The van der Waals surface area contributed by atoms with Gasteiger partial charge in [0.05, 0.1) is 13.0 Å². The van der Waals surface area contributed by atoms with Crippen molar-refractivity contribution >= 4 is 18.3 Å². The van der Waals surface area contributed by atoms with Gasteiger partial charge in [0, 0.05) is 13.1 Å². The lowest BCUT2D eigenvalue weighted by molar-refractivity contribution is -0.132. The molecular formula is C20H27ClN2O2. The predicted octanol–water partition coefficient (Wildman–Crippen LogP) is 3.56. The molecule has 2 N–H and O–H groups in total. The van der Waals surface area contributed by atoms with Crippen LogP contribution in [-0.2, 0) is 11.3 Å². The normalized spacial score (nSPS) is 10.0. The van der Waals surface area contributed by atoms with Crippen molar-refractivity contribution in [1.82, 2.24) is 4.90 Å². The molecule has 1 amide bonds. The zero-order valence-electron chi connectivity index (χ0n) is 14.7. The van der Waals surface area contributed by atoms with E-state index in [1.54, 1.807) is 0 Å². The Balaban J connectivity index is 0.00000312. The van der Waals surface area contributed by atoms with Gasteiger partial charge in [-0.25, -0.2) is 0 Å². The van der Waals surface area contributed by atoms with E-state index in [4.69, 9.17) is 10.5 Å². The molecule has 0 aliphatic carbocycles. The van der Waals surface area contributed by atoms with Crippen molar-refractivity contribution in [3.05, 3.63) is 65.7 Å². The summed E-state index contributed by atoms with van der Waals surface area (Å²) in [6, 6.07) is 17.9. The summed E-state index contributed by atoms with van der Waals surface area (Å²) in [7, 11) is 0. The van der Waals surface area contributed by atoms with E-state index in [-0.39, 0.29) is 18.3 Å². The van der Waals surface area contributed by atoms with Gasteiger partial charge < -0.3 is 15.4 Å². The van der Waals surface area contributed by atoms with E-state index in [0.717, 1.165) is 23.3 Å². The Hall–Kier alpha value is -2.04. The molecule has 2 rings (SSSR count). The van der Waals surface area contributed by atoms with Crippen molar-refractivity contribution in [2.45, 2.75) is 26.3 Å². The molecule has 2 aromatic rings. The highest BCUT2D eigenvalue weighted by atomic mass is 35.5. The molecule has 0 saturated carbocycles. The Kier molecular flexibility index (Phi) is 9.66. The van der Waals surface area contributed by atoms with Crippen molar-refractivity contribution in [2.24, 2.45) is 5.73 Å². The third kappa shape index (κ3) is 7.59. The predicted molar refractivity (Wildman–Crippen MR) is 104 cm³/mol. The fourth-order valence-electron chi connectivity index (χ4n) is 2.50. The minimum atomic E-state index is 0. The number of rotatable bonds is 9.